The first-order valence-electron chi connectivity index (χ1n) is 9.87. The van der Waals surface area contributed by atoms with Gasteiger partial charge in [0.2, 0.25) is 11.8 Å². The van der Waals surface area contributed by atoms with Crippen molar-refractivity contribution in [2.45, 2.75) is 82.7 Å². The molecule has 1 atom stereocenters. The van der Waals surface area contributed by atoms with Gasteiger partial charge in [-0.3, -0.25) is 14.4 Å². The van der Waals surface area contributed by atoms with Crippen molar-refractivity contribution in [1.82, 2.24) is 10.2 Å². The molecule has 1 aliphatic heterocycles. The molecule has 2 amide bonds. The zero-order chi connectivity index (χ0) is 17.8. The fraction of sp³-hybridized carbons (Fsp3) is 0.842. The lowest BCUT2D eigenvalue weighted by atomic mass is 9.86. The van der Waals surface area contributed by atoms with Crippen LogP contribution in [0, 0.1) is 11.8 Å². The number of likely N-dealkylation sites (tertiary alicyclic amines) is 1. The predicted molar refractivity (Wildman–Crippen MR) is 92.8 cm³/mol. The zero-order valence-electron chi connectivity index (χ0n) is 14.9. The van der Waals surface area contributed by atoms with E-state index in [2.05, 4.69) is 5.32 Å². The molecule has 0 bridgehead atoms. The number of nitrogens with one attached hydrogen (secondary N) is 1. The molecule has 2 saturated carbocycles. The van der Waals surface area contributed by atoms with E-state index in [9.17, 15) is 14.4 Å². The lowest BCUT2D eigenvalue weighted by Gasteiger charge is -2.29. The van der Waals surface area contributed by atoms with Gasteiger partial charge >= 0.3 is 5.97 Å². The maximum atomic E-state index is 12.6. The number of nitrogens with zero attached hydrogens (tertiary/aromatic N) is 1. The van der Waals surface area contributed by atoms with E-state index < -0.39 is 5.97 Å². The molecule has 6 heteroatoms. The minimum Gasteiger partial charge on any atom is -0.481 e. The predicted octanol–water partition coefficient (Wildman–Crippen LogP) is 2.32. The Kier molecular flexibility index (Phi) is 5.97. The smallest absolute Gasteiger partial charge is 0.306 e. The van der Waals surface area contributed by atoms with Gasteiger partial charge in [0.15, 0.2) is 0 Å². The molecule has 0 aromatic heterocycles. The van der Waals surface area contributed by atoms with E-state index in [0.717, 1.165) is 25.7 Å². The number of carbonyl (C=O) groups excluding carboxylic acids is 2. The number of hydrogen-bond acceptors (Lipinski definition) is 3. The van der Waals surface area contributed by atoms with E-state index in [4.69, 9.17) is 5.11 Å². The van der Waals surface area contributed by atoms with E-state index in [1.807, 2.05) is 4.90 Å². The monoisotopic (exact) mass is 350 g/mol. The number of hydrogen-bond donors (Lipinski definition) is 2. The highest BCUT2D eigenvalue weighted by Gasteiger charge is 2.38. The maximum Gasteiger partial charge on any atom is 0.306 e. The summed E-state index contributed by atoms with van der Waals surface area (Å²) in [5.74, 6) is -1.14. The van der Waals surface area contributed by atoms with Gasteiger partial charge in [0.25, 0.3) is 0 Å². The van der Waals surface area contributed by atoms with Gasteiger partial charge in [0.1, 0.15) is 0 Å². The summed E-state index contributed by atoms with van der Waals surface area (Å²) in [4.78, 5) is 37.9. The van der Waals surface area contributed by atoms with Gasteiger partial charge in [0.05, 0.1) is 11.8 Å². The second-order valence-electron chi connectivity index (χ2n) is 7.99. The molecule has 0 aromatic carbocycles. The van der Waals surface area contributed by atoms with Gasteiger partial charge in [-0.15, -0.1) is 0 Å². The third-order valence-electron chi connectivity index (χ3n) is 6.22. The van der Waals surface area contributed by atoms with Crippen molar-refractivity contribution in [3.8, 4) is 0 Å². The molecule has 1 saturated heterocycles. The Hall–Kier alpha value is -1.59. The Labute approximate surface area is 149 Å². The molecule has 25 heavy (non-hydrogen) atoms. The lowest BCUT2D eigenvalue weighted by Crippen LogP contribution is -2.43. The van der Waals surface area contributed by atoms with Crippen LogP contribution < -0.4 is 5.32 Å². The van der Waals surface area contributed by atoms with Crippen molar-refractivity contribution in [3.05, 3.63) is 0 Å². The number of amides is 2. The van der Waals surface area contributed by atoms with Crippen LogP contribution in [0.25, 0.3) is 0 Å². The van der Waals surface area contributed by atoms with Crippen LogP contribution in [0.2, 0.25) is 0 Å². The molecule has 6 nitrogen and oxygen atoms in total. The minimum absolute atomic E-state index is 0.0248. The Morgan fingerprint density at radius 2 is 1.56 bits per heavy atom. The van der Waals surface area contributed by atoms with Gasteiger partial charge in [-0.2, -0.15) is 0 Å². The Balaban J connectivity index is 1.48. The first-order chi connectivity index (χ1) is 12.0. The van der Waals surface area contributed by atoms with Gasteiger partial charge in [-0.25, -0.2) is 0 Å². The number of carbonyl (C=O) groups is 3. The van der Waals surface area contributed by atoms with E-state index in [1.165, 1.54) is 25.7 Å². The van der Waals surface area contributed by atoms with Crippen molar-refractivity contribution < 1.29 is 19.5 Å². The zero-order valence-corrected chi connectivity index (χ0v) is 14.9. The van der Waals surface area contributed by atoms with Gasteiger partial charge in [-0.05, 0) is 38.5 Å². The molecular weight excluding hydrogens is 320 g/mol. The summed E-state index contributed by atoms with van der Waals surface area (Å²) in [6, 6.07) is 0.379. The molecular formula is C19H30N2O4. The van der Waals surface area contributed by atoms with Crippen molar-refractivity contribution in [2.24, 2.45) is 11.8 Å². The summed E-state index contributed by atoms with van der Waals surface area (Å²) in [5.41, 5.74) is 0. The largest absolute Gasteiger partial charge is 0.481 e. The third kappa shape index (κ3) is 4.53. The molecule has 3 aliphatic rings. The molecule has 0 radical (unpaired) electrons. The van der Waals surface area contributed by atoms with Crippen LogP contribution in [0.15, 0.2) is 0 Å². The molecule has 3 rings (SSSR count). The minimum atomic E-state index is -0.731. The first kappa shape index (κ1) is 18.2. The van der Waals surface area contributed by atoms with Crippen molar-refractivity contribution in [3.63, 3.8) is 0 Å². The second-order valence-corrected chi connectivity index (χ2v) is 7.99. The van der Waals surface area contributed by atoms with Crippen LogP contribution in [0.3, 0.4) is 0 Å². The molecule has 2 N–H and O–H groups in total. The number of carboxylic acid groups (broad SMARTS) is 1. The Bertz CT molecular complexity index is 506. The summed E-state index contributed by atoms with van der Waals surface area (Å²) in [6.07, 6.45) is 10.0. The summed E-state index contributed by atoms with van der Waals surface area (Å²) in [5, 5.41) is 12.1. The molecule has 0 aromatic rings. The fourth-order valence-corrected chi connectivity index (χ4v) is 4.63. The molecule has 0 spiro atoms. The Morgan fingerprint density at radius 1 is 0.920 bits per heavy atom. The van der Waals surface area contributed by atoms with Crippen LogP contribution in [-0.4, -0.2) is 46.4 Å². The Morgan fingerprint density at radius 3 is 2.16 bits per heavy atom. The van der Waals surface area contributed by atoms with Crippen LogP contribution in [0.4, 0.5) is 0 Å². The average Bonchev–Trinajstić information content (AvgIpc) is 2.81. The lowest BCUT2D eigenvalue weighted by molar-refractivity contribution is -0.143. The number of rotatable bonds is 4. The topological polar surface area (TPSA) is 86.7 Å². The van der Waals surface area contributed by atoms with Gasteiger partial charge in [0, 0.05) is 25.0 Å². The maximum absolute atomic E-state index is 12.6. The van der Waals surface area contributed by atoms with Crippen molar-refractivity contribution >= 4 is 17.8 Å². The van der Waals surface area contributed by atoms with Crippen molar-refractivity contribution in [2.75, 3.05) is 6.54 Å². The van der Waals surface area contributed by atoms with E-state index in [-0.39, 0.29) is 29.7 Å². The second kappa shape index (κ2) is 8.19. The highest BCUT2D eigenvalue weighted by Crippen LogP contribution is 2.29. The third-order valence-corrected chi connectivity index (χ3v) is 6.22. The standard InChI is InChI=1S/C19H30N2O4/c22-17-11-14(12-21(17)16-5-3-1-2-4-6-16)18(23)20-15-9-7-13(8-10-15)19(24)25/h13-16H,1-12H2,(H,20,23)(H,24,25). The molecule has 1 heterocycles. The summed E-state index contributed by atoms with van der Waals surface area (Å²) in [6.45, 7) is 0.555. The van der Waals surface area contributed by atoms with Crippen LogP contribution in [0.1, 0.15) is 70.6 Å². The highest BCUT2D eigenvalue weighted by atomic mass is 16.4. The molecule has 2 aliphatic carbocycles. The SMILES string of the molecule is O=C(O)C1CCC(NC(=O)C2CC(=O)N(C3CCCCCC3)C2)CC1. The summed E-state index contributed by atoms with van der Waals surface area (Å²) >= 11 is 0. The van der Waals surface area contributed by atoms with E-state index in [0.29, 0.717) is 31.8 Å². The van der Waals surface area contributed by atoms with Crippen LogP contribution >= 0.6 is 0 Å². The van der Waals surface area contributed by atoms with Crippen molar-refractivity contribution in [1.29, 1.82) is 0 Å². The van der Waals surface area contributed by atoms with E-state index >= 15 is 0 Å². The van der Waals surface area contributed by atoms with Gasteiger partial charge < -0.3 is 15.3 Å². The summed E-state index contributed by atoms with van der Waals surface area (Å²) < 4.78 is 0. The first-order valence-corrected chi connectivity index (χ1v) is 9.87. The van der Waals surface area contributed by atoms with E-state index in [1.54, 1.807) is 0 Å². The van der Waals surface area contributed by atoms with Crippen LogP contribution in [0.5, 0.6) is 0 Å². The highest BCUT2D eigenvalue weighted by molar-refractivity contribution is 5.89. The quantitative estimate of drug-likeness (QED) is 0.762. The number of aliphatic carboxylic acids is 1. The summed E-state index contributed by atoms with van der Waals surface area (Å²) in [7, 11) is 0. The number of carboxylic acids is 1. The normalized spacial score (nSPS) is 31.6. The van der Waals surface area contributed by atoms with Gasteiger partial charge in [-0.1, -0.05) is 25.7 Å². The molecule has 140 valence electrons. The average molecular weight is 350 g/mol. The fourth-order valence-electron chi connectivity index (χ4n) is 4.63. The van der Waals surface area contributed by atoms with Crippen LogP contribution in [-0.2, 0) is 14.4 Å². The molecule has 3 fully saturated rings. The molecule has 1 unspecified atom stereocenters.